The molecule has 6 nitrogen and oxygen atoms in total. The molecule has 32 heavy (non-hydrogen) atoms. The van der Waals surface area contributed by atoms with Crippen molar-refractivity contribution < 1.29 is 14.4 Å². The highest BCUT2D eigenvalue weighted by atomic mass is 35.5. The van der Waals surface area contributed by atoms with Crippen LogP contribution >= 0.6 is 11.6 Å². The van der Waals surface area contributed by atoms with Crippen LogP contribution in [0.5, 0.6) is 0 Å². The minimum Gasteiger partial charge on any atom is -0.351 e. The van der Waals surface area contributed by atoms with Crippen molar-refractivity contribution in [3.05, 3.63) is 70.9 Å². The van der Waals surface area contributed by atoms with E-state index < -0.39 is 17.4 Å². The van der Waals surface area contributed by atoms with Gasteiger partial charge >= 0.3 is 0 Å². The second-order valence-corrected chi connectivity index (χ2v) is 9.21. The maximum absolute atomic E-state index is 13.9. The standard InChI is InChI=1S/C25H24ClN3O3/c1-25(23(31)27-19-9-5-6-10-19)24(32)29-20-12-11-18(26)13-17(20)14-21(29)22(30)28(25)15-16-7-3-2-4-8-16/h2-4,7-8,11-14,19H,5-6,9-10,15H2,1H3,(H,27,31). The number of carbonyl (C=O) groups excluding carboxylic acids is 3. The number of nitrogens with zero attached hydrogens (tertiary/aromatic N) is 2. The number of rotatable bonds is 4. The number of aromatic nitrogens is 1. The zero-order valence-corrected chi connectivity index (χ0v) is 18.6. The average Bonchev–Trinajstić information content (AvgIpc) is 3.43. The molecule has 1 aromatic heterocycles. The summed E-state index contributed by atoms with van der Waals surface area (Å²) < 4.78 is 1.38. The van der Waals surface area contributed by atoms with Crippen molar-refractivity contribution in [3.8, 4) is 0 Å². The lowest BCUT2D eigenvalue weighted by molar-refractivity contribution is -0.130. The van der Waals surface area contributed by atoms with Crippen molar-refractivity contribution in [1.29, 1.82) is 0 Å². The van der Waals surface area contributed by atoms with Gasteiger partial charge in [0.1, 0.15) is 5.69 Å². The van der Waals surface area contributed by atoms with Crippen molar-refractivity contribution in [1.82, 2.24) is 14.8 Å². The van der Waals surface area contributed by atoms with E-state index in [1.807, 2.05) is 30.3 Å². The van der Waals surface area contributed by atoms with Gasteiger partial charge in [-0.3, -0.25) is 19.0 Å². The third-order valence-corrected chi connectivity index (χ3v) is 6.94. The van der Waals surface area contributed by atoms with E-state index in [4.69, 9.17) is 11.6 Å². The second-order valence-electron chi connectivity index (χ2n) is 8.78. The Balaban J connectivity index is 1.64. The van der Waals surface area contributed by atoms with Crippen LogP contribution in [0.25, 0.3) is 10.9 Å². The molecule has 1 aliphatic heterocycles. The van der Waals surface area contributed by atoms with Crippen LogP contribution in [0.3, 0.4) is 0 Å². The van der Waals surface area contributed by atoms with Crippen LogP contribution in [0, 0.1) is 0 Å². The zero-order valence-electron chi connectivity index (χ0n) is 17.8. The van der Waals surface area contributed by atoms with Crippen molar-refractivity contribution >= 4 is 40.2 Å². The maximum atomic E-state index is 13.9. The summed E-state index contributed by atoms with van der Waals surface area (Å²) >= 11 is 6.14. The van der Waals surface area contributed by atoms with Gasteiger partial charge in [-0.15, -0.1) is 0 Å². The fourth-order valence-electron chi connectivity index (χ4n) is 4.85. The summed E-state index contributed by atoms with van der Waals surface area (Å²) in [5.41, 5.74) is -0.00818. The van der Waals surface area contributed by atoms with E-state index in [0.717, 1.165) is 31.2 Å². The molecule has 1 unspecified atom stereocenters. The summed E-state index contributed by atoms with van der Waals surface area (Å²) in [6, 6.07) is 16.2. The second kappa shape index (κ2) is 7.78. The summed E-state index contributed by atoms with van der Waals surface area (Å²) in [6.45, 7) is 1.72. The number of amides is 2. The number of halogens is 1. The molecular formula is C25H24ClN3O3. The molecule has 5 rings (SSSR count). The average molecular weight is 450 g/mol. The van der Waals surface area contributed by atoms with E-state index in [1.165, 1.54) is 9.47 Å². The smallest absolute Gasteiger partial charge is 0.272 e. The van der Waals surface area contributed by atoms with Gasteiger partial charge in [0.05, 0.1) is 5.52 Å². The van der Waals surface area contributed by atoms with E-state index in [0.29, 0.717) is 15.9 Å². The van der Waals surface area contributed by atoms with Crippen LogP contribution in [-0.4, -0.2) is 38.8 Å². The molecule has 0 saturated heterocycles. The summed E-state index contributed by atoms with van der Waals surface area (Å²) in [5.74, 6) is -1.22. The van der Waals surface area contributed by atoms with Crippen LogP contribution < -0.4 is 5.32 Å². The lowest BCUT2D eigenvalue weighted by Crippen LogP contribution is -2.68. The Morgan fingerprint density at radius 3 is 2.53 bits per heavy atom. The first-order valence-electron chi connectivity index (χ1n) is 10.9. The van der Waals surface area contributed by atoms with E-state index >= 15 is 0 Å². The van der Waals surface area contributed by atoms with Crippen LogP contribution in [0.4, 0.5) is 0 Å². The molecule has 164 valence electrons. The molecule has 3 aromatic rings. The minimum atomic E-state index is -1.67. The molecule has 0 bridgehead atoms. The Labute approximate surface area is 191 Å². The maximum Gasteiger partial charge on any atom is 0.272 e. The predicted octanol–water partition coefficient (Wildman–Crippen LogP) is 4.41. The number of benzene rings is 2. The summed E-state index contributed by atoms with van der Waals surface area (Å²) in [7, 11) is 0. The Morgan fingerprint density at radius 1 is 1.09 bits per heavy atom. The van der Waals surface area contributed by atoms with E-state index in [-0.39, 0.29) is 24.2 Å². The highest BCUT2D eigenvalue weighted by molar-refractivity contribution is 6.31. The van der Waals surface area contributed by atoms with Gasteiger partial charge in [-0.05, 0) is 49.6 Å². The molecule has 2 amide bonds. The van der Waals surface area contributed by atoms with Gasteiger partial charge in [0, 0.05) is 23.0 Å². The van der Waals surface area contributed by atoms with Crippen molar-refractivity contribution in [3.63, 3.8) is 0 Å². The third-order valence-electron chi connectivity index (χ3n) is 6.70. The molecule has 2 heterocycles. The van der Waals surface area contributed by atoms with Crippen LogP contribution in [0.15, 0.2) is 54.6 Å². The van der Waals surface area contributed by atoms with E-state index in [2.05, 4.69) is 5.32 Å². The molecule has 2 aliphatic rings. The fraction of sp³-hybridized carbons (Fsp3) is 0.320. The van der Waals surface area contributed by atoms with Gasteiger partial charge in [-0.2, -0.15) is 0 Å². The Hall–Kier alpha value is -3.12. The quantitative estimate of drug-likeness (QED) is 0.600. The van der Waals surface area contributed by atoms with Gasteiger partial charge in [0.2, 0.25) is 0 Å². The summed E-state index contributed by atoms with van der Waals surface area (Å²) in [4.78, 5) is 42.7. The van der Waals surface area contributed by atoms with Crippen molar-refractivity contribution in [2.45, 2.75) is 50.7 Å². The molecular weight excluding hydrogens is 426 g/mol. The normalized spacial score (nSPS) is 21.2. The highest BCUT2D eigenvalue weighted by Crippen LogP contribution is 2.35. The predicted molar refractivity (Wildman–Crippen MR) is 123 cm³/mol. The van der Waals surface area contributed by atoms with Crippen LogP contribution in [-0.2, 0) is 11.3 Å². The molecule has 1 N–H and O–H groups in total. The van der Waals surface area contributed by atoms with E-state index in [9.17, 15) is 14.4 Å². The fourth-order valence-corrected chi connectivity index (χ4v) is 5.03. The number of fused-ring (bicyclic) bond motifs is 3. The Kier molecular flexibility index (Phi) is 5.05. The van der Waals surface area contributed by atoms with E-state index in [1.54, 1.807) is 31.2 Å². The minimum absolute atomic E-state index is 0.0300. The molecule has 2 aromatic carbocycles. The van der Waals surface area contributed by atoms with Crippen LogP contribution in [0.2, 0.25) is 5.02 Å². The van der Waals surface area contributed by atoms with Crippen molar-refractivity contribution in [2.24, 2.45) is 0 Å². The van der Waals surface area contributed by atoms with Gasteiger partial charge in [-0.1, -0.05) is 54.8 Å². The first-order valence-corrected chi connectivity index (χ1v) is 11.3. The first-order chi connectivity index (χ1) is 15.4. The monoisotopic (exact) mass is 449 g/mol. The lowest BCUT2D eigenvalue weighted by Gasteiger charge is -2.42. The number of hydrogen-bond acceptors (Lipinski definition) is 3. The number of hydrogen-bond donors (Lipinski definition) is 1. The Bertz CT molecular complexity index is 1230. The van der Waals surface area contributed by atoms with Gasteiger partial charge < -0.3 is 10.2 Å². The first kappa shape index (κ1) is 20.8. The third kappa shape index (κ3) is 3.21. The molecule has 7 heteroatoms. The highest BCUT2D eigenvalue weighted by Gasteiger charge is 2.54. The lowest BCUT2D eigenvalue weighted by atomic mass is 9.92. The molecule has 1 atom stereocenters. The van der Waals surface area contributed by atoms with Gasteiger partial charge in [0.25, 0.3) is 17.7 Å². The van der Waals surface area contributed by atoms with Crippen LogP contribution in [0.1, 0.15) is 53.5 Å². The summed E-state index contributed by atoms with van der Waals surface area (Å²) in [6.07, 6.45) is 3.88. The topological polar surface area (TPSA) is 71.4 Å². The molecule has 0 radical (unpaired) electrons. The van der Waals surface area contributed by atoms with Gasteiger partial charge in [0.15, 0.2) is 5.54 Å². The molecule has 1 fully saturated rings. The molecule has 1 saturated carbocycles. The number of nitrogens with one attached hydrogen (secondary N) is 1. The Morgan fingerprint density at radius 2 is 1.81 bits per heavy atom. The van der Waals surface area contributed by atoms with Crippen molar-refractivity contribution in [2.75, 3.05) is 0 Å². The molecule has 1 aliphatic carbocycles. The summed E-state index contributed by atoms with van der Waals surface area (Å²) in [5, 5.41) is 4.25. The largest absolute Gasteiger partial charge is 0.351 e. The molecule has 0 spiro atoms. The SMILES string of the molecule is CC1(C(=O)NC2CCCC2)C(=O)n2c(cc3cc(Cl)ccc32)C(=O)N1Cc1ccccc1. The number of carbonyl (C=O) groups is 3. The van der Waals surface area contributed by atoms with Gasteiger partial charge in [-0.25, -0.2) is 0 Å². The zero-order chi connectivity index (χ0) is 22.5.